The van der Waals surface area contributed by atoms with Crippen LogP contribution in [0, 0.1) is 0 Å². The fraction of sp³-hybridized carbons (Fsp3) is 0.538. The molecule has 1 heterocycles. The molecule has 0 saturated heterocycles. The maximum Gasteiger partial charge on any atom is 0.401 e. The third-order valence-electron chi connectivity index (χ3n) is 3.22. The smallest absolute Gasteiger partial charge is 0.294 e. The van der Waals surface area contributed by atoms with Gasteiger partial charge >= 0.3 is 6.18 Å². The van der Waals surface area contributed by atoms with Gasteiger partial charge in [-0.1, -0.05) is 31.2 Å². The van der Waals surface area contributed by atoms with Gasteiger partial charge in [-0.3, -0.25) is 4.90 Å². The summed E-state index contributed by atoms with van der Waals surface area (Å²) in [6.45, 7) is 2.16. The first-order valence-electron chi connectivity index (χ1n) is 5.82. The zero-order chi connectivity index (χ0) is 12.5. The first kappa shape index (κ1) is 12.4. The molecular weight excluding hydrogens is 227 g/mol. The number of alkyl halides is 3. The molecule has 0 fully saturated rings. The van der Waals surface area contributed by atoms with Gasteiger partial charge in [0.05, 0.1) is 6.54 Å². The van der Waals surface area contributed by atoms with E-state index in [1.807, 2.05) is 31.2 Å². The van der Waals surface area contributed by atoms with Gasteiger partial charge in [-0.25, -0.2) is 0 Å². The Balaban J connectivity index is 2.12. The Labute approximate surface area is 99.2 Å². The summed E-state index contributed by atoms with van der Waals surface area (Å²) < 4.78 is 37.2. The van der Waals surface area contributed by atoms with E-state index >= 15 is 0 Å². The predicted molar refractivity (Wildman–Crippen MR) is 61.1 cm³/mol. The Morgan fingerprint density at radius 1 is 1.29 bits per heavy atom. The summed E-state index contributed by atoms with van der Waals surface area (Å²) in [6, 6.07) is 7.94. The van der Waals surface area contributed by atoms with Gasteiger partial charge in [0, 0.05) is 13.1 Å². The lowest BCUT2D eigenvalue weighted by molar-refractivity contribution is -0.146. The number of benzene rings is 1. The van der Waals surface area contributed by atoms with Crippen molar-refractivity contribution in [3.8, 4) is 0 Å². The fourth-order valence-electron chi connectivity index (χ4n) is 2.50. The Kier molecular flexibility index (Phi) is 3.43. The summed E-state index contributed by atoms with van der Waals surface area (Å²) >= 11 is 0. The zero-order valence-electron chi connectivity index (χ0n) is 9.80. The van der Waals surface area contributed by atoms with Crippen molar-refractivity contribution in [3.05, 3.63) is 35.4 Å². The molecule has 1 nitrogen and oxygen atoms in total. The van der Waals surface area contributed by atoms with E-state index in [1.54, 1.807) is 0 Å². The first-order chi connectivity index (χ1) is 7.96. The molecule has 0 N–H and O–H groups in total. The van der Waals surface area contributed by atoms with Gasteiger partial charge in [-0.2, -0.15) is 13.2 Å². The van der Waals surface area contributed by atoms with Gasteiger partial charge in [-0.15, -0.1) is 0 Å². The van der Waals surface area contributed by atoms with Gasteiger partial charge in [0.15, 0.2) is 0 Å². The number of fused-ring (bicyclic) bond motifs is 1. The minimum Gasteiger partial charge on any atom is -0.294 e. The van der Waals surface area contributed by atoms with Crippen LogP contribution in [-0.4, -0.2) is 30.7 Å². The van der Waals surface area contributed by atoms with Gasteiger partial charge in [-0.05, 0) is 23.5 Å². The molecule has 1 unspecified atom stereocenters. The summed E-state index contributed by atoms with van der Waals surface area (Å²) in [7, 11) is 0. The molecule has 1 aliphatic heterocycles. The SMILES string of the molecule is CC1CN(CC(F)(F)F)CCc2ccccc21. The van der Waals surface area contributed by atoms with Crippen LogP contribution in [0.2, 0.25) is 0 Å². The molecule has 0 radical (unpaired) electrons. The van der Waals surface area contributed by atoms with Gasteiger partial charge in [0.1, 0.15) is 0 Å². The average Bonchev–Trinajstić information content (AvgIpc) is 2.37. The summed E-state index contributed by atoms with van der Waals surface area (Å²) in [5.41, 5.74) is 2.38. The van der Waals surface area contributed by atoms with Crippen LogP contribution in [0.5, 0.6) is 0 Å². The minimum atomic E-state index is -4.10. The summed E-state index contributed by atoms with van der Waals surface area (Å²) in [4.78, 5) is 1.50. The maximum atomic E-state index is 12.4. The van der Waals surface area contributed by atoms with E-state index in [4.69, 9.17) is 0 Å². The molecule has 0 aromatic heterocycles. The van der Waals surface area contributed by atoms with Gasteiger partial charge in [0.2, 0.25) is 0 Å². The molecule has 0 spiro atoms. The summed E-state index contributed by atoms with van der Waals surface area (Å²) in [6.07, 6.45) is -3.40. The number of hydrogen-bond acceptors (Lipinski definition) is 1. The van der Waals surface area contributed by atoms with E-state index < -0.39 is 12.7 Å². The third kappa shape index (κ3) is 3.22. The van der Waals surface area contributed by atoms with E-state index in [0.717, 1.165) is 0 Å². The molecule has 1 aromatic rings. The van der Waals surface area contributed by atoms with Crippen molar-refractivity contribution in [1.82, 2.24) is 4.90 Å². The fourth-order valence-corrected chi connectivity index (χ4v) is 2.50. The van der Waals surface area contributed by atoms with E-state index in [9.17, 15) is 13.2 Å². The monoisotopic (exact) mass is 243 g/mol. The molecular formula is C13H16F3N. The molecule has 0 saturated carbocycles. The Morgan fingerprint density at radius 3 is 2.71 bits per heavy atom. The molecule has 94 valence electrons. The highest BCUT2D eigenvalue weighted by atomic mass is 19.4. The summed E-state index contributed by atoms with van der Waals surface area (Å²) in [5.74, 6) is 0.163. The second-order valence-corrected chi connectivity index (χ2v) is 4.70. The molecule has 4 heteroatoms. The molecule has 1 atom stereocenters. The second kappa shape index (κ2) is 4.69. The number of halogens is 3. The highest BCUT2D eigenvalue weighted by molar-refractivity contribution is 5.31. The quantitative estimate of drug-likeness (QED) is 0.732. The highest BCUT2D eigenvalue weighted by Gasteiger charge is 2.32. The normalized spacial score (nSPS) is 22.0. The van der Waals surface area contributed by atoms with E-state index in [0.29, 0.717) is 19.5 Å². The number of nitrogens with zero attached hydrogens (tertiary/aromatic N) is 1. The van der Waals surface area contributed by atoms with E-state index in [2.05, 4.69) is 0 Å². The van der Waals surface area contributed by atoms with Crippen LogP contribution in [0.1, 0.15) is 24.0 Å². The van der Waals surface area contributed by atoms with Crippen LogP contribution in [0.25, 0.3) is 0 Å². The largest absolute Gasteiger partial charge is 0.401 e. The van der Waals surface area contributed by atoms with Crippen LogP contribution in [0.15, 0.2) is 24.3 Å². The predicted octanol–water partition coefficient (Wildman–Crippen LogP) is 3.21. The van der Waals surface area contributed by atoms with Crippen LogP contribution in [-0.2, 0) is 6.42 Å². The lowest BCUT2D eigenvalue weighted by atomic mass is 9.96. The molecule has 1 aliphatic rings. The van der Waals surface area contributed by atoms with Crippen LogP contribution in [0.4, 0.5) is 13.2 Å². The van der Waals surface area contributed by atoms with Crippen molar-refractivity contribution in [2.45, 2.75) is 25.4 Å². The minimum absolute atomic E-state index is 0.163. The number of hydrogen-bond donors (Lipinski definition) is 0. The Bertz CT molecular complexity index is 386. The lowest BCUT2D eigenvalue weighted by Crippen LogP contribution is -2.36. The van der Waals surface area contributed by atoms with Crippen molar-refractivity contribution < 1.29 is 13.2 Å². The number of rotatable bonds is 1. The molecule has 0 bridgehead atoms. The van der Waals surface area contributed by atoms with Crippen molar-refractivity contribution in [1.29, 1.82) is 0 Å². The van der Waals surface area contributed by atoms with Gasteiger partial charge in [0.25, 0.3) is 0 Å². The maximum absolute atomic E-state index is 12.4. The highest BCUT2D eigenvalue weighted by Crippen LogP contribution is 2.26. The topological polar surface area (TPSA) is 3.24 Å². The Hall–Kier alpha value is -1.03. The van der Waals surface area contributed by atoms with Crippen molar-refractivity contribution >= 4 is 0 Å². The third-order valence-corrected chi connectivity index (χ3v) is 3.22. The lowest BCUT2D eigenvalue weighted by Gasteiger charge is -2.23. The molecule has 0 aliphatic carbocycles. The standard InChI is InChI=1S/C13H16F3N/c1-10-8-17(9-13(14,15)16)7-6-11-4-2-3-5-12(10)11/h2-5,10H,6-9H2,1H3. The average molecular weight is 243 g/mol. The van der Waals surface area contributed by atoms with Crippen molar-refractivity contribution in [3.63, 3.8) is 0 Å². The van der Waals surface area contributed by atoms with Crippen molar-refractivity contribution in [2.24, 2.45) is 0 Å². The molecule has 17 heavy (non-hydrogen) atoms. The Morgan fingerprint density at radius 2 is 2.00 bits per heavy atom. The second-order valence-electron chi connectivity index (χ2n) is 4.70. The van der Waals surface area contributed by atoms with Crippen molar-refractivity contribution in [2.75, 3.05) is 19.6 Å². The molecule has 1 aromatic carbocycles. The van der Waals surface area contributed by atoms with Crippen LogP contribution in [0.3, 0.4) is 0 Å². The molecule has 2 rings (SSSR count). The van der Waals surface area contributed by atoms with Gasteiger partial charge < -0.3 is 0 Å². The summed E-state index contributed by atoms with van der Waals surface area (Å²) in [5, 5.41) is 0. The van der Waals surface area contributed by atoms with E-state index in [-0.39, 0.29) is 5.92 Å². The van der Waals surface area contributed by atoms with E-state index in [1.165, 1.54) is 16.0 Å². The first-order valence-corrected chi connectivity index (χ1v) is 5.82. The van der Waals surface area contributed by atoms with Crippen LogP contribution >= 0.6 is 0 Å². The van der Waals surface area contributed by atoms with Crippen LogP contribution < -0.4 is 0 Å². The molecule has 0 amide bonds. The zero-order valence-corrected chi connectivity index (χ0v) is 9.80.